The minimum atomic E-state index is -1.57. The molecule has 0 aliphatic heterocycles. The summed E-state index contributed by atoms with van der Waals surface area (Å²) >= 11 is 0. The van der Waals surface area contributed by atoms with Gasteiger partial charge in [-0.25, -0.2) is 0 Å². The van der Waals surface area contributed by atoms with Crippen molar-refractivity contribution in [3.8, 4) is 0 Å². The van der Waals surface area contributed by atoms with Gasteiger partial charge in [-0.3, -0.25) is 0 Å². The molecule has 18 heavy (non-hydrogen) atoms. The summed E-state index contributed by atoms with van der Waals surface area (Å²) in [6.07, 6.45) is 3.67. The van der Waals surface area contributed by atoms with Gasteiger partial charge in [0.1, 0.15) is 0 Å². The Labute approximate surface area is 149 Å². The predicted molar refractivity (Wildman–Crippen MR) is 50.5 cm³/mol. The maximum atomic E-state index is 11.0. The quantitative estimate of drug-likeness (QED) is 0.310. The number of hydrogen-bond donors (Lipinski definition) is 1. The van der Waals surface area contributed by atoms with Crippen LogP contribution in [0.15, 0.2) is 36.5 Å². The van der Waals surface area contributed by atoms with Crippen LogP contribution in [0.4, 0.5) is 0 Å². The van der Waals surface area contributed by atoms with Crippen molar-refractivity contribution in [1.29, 1.82) is 0 Å². The van der Waals surface area contributed by atoms with Gasteiger partial charge in [0.2, 0.25) is 0 Å². The first-order valence-corrected chi connectivity index (χ1v) is 4.55. The molecule has 0 fully saturated rings. The van der Waals surface area contributed by atoms with E-state index in [0.29, 0.717) is 0 Å². The van der Waals surface area contributed by atoms with E-state index in [2.05, 4.69) is 6.58 Å². The van der Waals surface area contributed by atoms with E-state index < -0.39 is 23.5 Å². The second kappa shape index (κ2) is 8.32. The summed E-state index contributed by atoms with van der Waals surface area (Å²) in [5.74, 6) is -2.96. The van der Waals surface area contributed by atoms with Crippen LogP contribution in [-0.2, 0) is 9.59 Å². The molecule has 0 unspecified atom stereocenters. The summed E-state index contributed by atoms with van der Waals surface area (Å²) in [6.45, 7) is 3.21. The molecule has 0 aromatic heterocycles. The summed E-state index contributed by atoms with van der Waals surface area (Å²) in [5.41, 5.74) is -1.91. The van der Waals surface area contributed by atoms with E-state index in [0.717, 1.165) is 0 Å². The Morgan fingerprint density at radius 3 is 2.00 bits per heavy atom. The minimum Gasteiger partial charge on any atom is -0.549 e. The molecule has 0 aromatic carbocycles. The van der Waals surface area contributed by atoms with Crippen LogP contribution in [0.25, 0.3) is 0 Å². The minimum absolute atomic E-state index is 0. The number of carboxylic acids is 2. The smallest absolute Gasteiger partial charge is 0.549 e. The van der Waals surface area contributed by atoms with Crippen LogP contribution in [0.2, 0.25) is 0 Å². The number of hydrogen-bond acceptors (Lipinski definition) is 5. The maximum Gasteiger partial charge on any atom is 1.00 e. The molecule has 0 bridgehead atoms. The summed E-state index contributed by atoms with van der Waals surface area (Å²) in [7, 11) is 0. The van der Waals surface area contributed by atoms with E-state index in [-0.39, 0.29) is 71.1 Å². The molecule has 1 rings (SSSR count). The van der Waals surface area contributed by atoms with Crippen LogP contribution in [-0.4, -0.2) is 23.1 Å². The number of aliphatic hydroxyl groups is 1. The van der Waals surface area contributed by atoms with Gasteiger partial charge in [0.25, 0.3) is 0 Å². The molecule has 1 aliphatic rings. The fourth-order valence-corrected chi connectivity index (χ4v) is 1.41. The second-order valence-corrected chi connectivity index (χ2v) is 3.60. The summed E-state index contributed by atoms with van der Waals surface area (Å²) in [4.78, 5) is 21.5. The first-order valence-electron chi connectivity index (χ1n) is 4.55. The number of carbonyl (C=O) groups excluding carboxylic acids is 2. The fraction of sp³-hybridized carbons (Fsp3) is 0.273. The van der Waals surface area contributed by atoms with E-state index in [1.165, 1.54) is 24.3 Å². The molecule has 1 N–H and O–H groups in total. The zero-order valence-electron chi connectivity index (χ0n) is 10.4. The third-order valence-corrected chi connectivity index (χ3v) is 2.36. The molecule has 0 saturated carbocycles. The third-order valence-electron chi connectivity index (χ3n) is 2.36. The average molecular weight is 268 g/mol. The molecule has 0 atom stereocenters. The van der Waals surface area contributed by atoms with Gasteiger partial charge in [-0.15, -0.1) is 0 Å². The van der Waals surface area contributed by atoms with E-state index in [4.69, 9.17) is 5.11 Å². The number of aliphatic carboxylic acids is 2. The fourth-order valence-electron chi connectivity index (χ4n) is 1.41. The molecule has 0 radical (unpaired) electrons. The number of aliphatic hydroxyl groups excluding tert-OH is 1. The van der Waals surface area contributed by atoms with Crippen molar-refractivity contribution >= 4 is 11.9 Å². The van der Waals surface area contributed by atoms with E-state index >= 15 is 0 Å². The molecule has 0 amide bonds. The van der Waals surface area contributed by atoms with Crippen molar-refractivity contribution in [3.05, 3.63) is 36.5 Å². The van der Waals surface area contributed by atoms with Crippen LogP contribution >= 0.6 is 0 Å². The molecule has 0 aromatic rings. The van der Waals surface area contributed by atoms with Crippen molar-refractivity contribution in [2.24, 2.45) is 5.41 Å². The van der Waals surface area contributed by atoms with Crippen molar-refractivity contribution in [1.82, 2.24) is 0 Å². The Morgan fingerprint density at radius 2 is 1.67 bits per heavy atom. The molecule has 7 heteroatoms. The SMILES string of the molecule is C=C(CC1(C(=O)[O-])C=CC(O)C=C1)C(=O)[O-].[Na+].[Na+]. The van der Waals surface area contributed by atoms with Crippen molar-refractivity contribution in [2.45, 2.75) is 12.5 Å². The summed E-state index contributed by atoms with van der Waals surface area (Å²) < 4.78 is 0. The van der Waals surface area contributed by atoms with Gasteiger partial charge < -0.3 is 24.9 Å². The van der Waals surface area contributed by atoms with Crippen LogP contribution in [0.1, 0.15) is 6.42 Å². The Bertz CT molecular complexity index is 386. The largest absolute Gasteiger partial charge is 1.00 e. The van der Waals surface area contributed by atoms with Gasteiger partial charge in [-0.1, -0.05) is 30.9 Å². The van der Waals surface area contributed by atoms with Crippen molar-refractivity contribution in [3.63, 3.8) is 0 Å². The molecule has 86 valence electrons. The predicted octanol–water partition coefficient (Wildman–Crippen LogP) is -8.09. The average Bonchev–Trinajstić information content (AvgIpc) is 2.21. The van der Waals surface area contributed by atoms with Gasteiger partial charge in [-0.05, 0) is 12.0 Å². The van der Waals surface area contributed by atoms with Gasteiger partial charge in [0, 0.05) is 0 Å². The van der Waals surface area contributed by atoms with Gasteiger partial charge in [0.15, 0.2) is 0 Å². The first-order chi connectivity index (χ1) is 7.37. The van der Waals surface area contributed by atoms with Gasteiger partial charge in [-0.2, -0.15) is 0 Å². The van der Waals surface area contributed by atoms with E-state index in [1.54, 1.807) is 0 Å². The normalized spacial score (nSPS) is 24.6. The Hall–Kier alpha value is 0.120. The Kier molecular flexibility index (Phi) is 9.45. The first kappa shape index (κ1) is 20.4. The Morgan fingerprint density at radius 1 is 1.22 bits per heavy atom. The monoisotopic (exact) mass is 268 g/mol. The topological polar surface area (TPSA) is 100 Å². The van der Waals surface area contributed by atoms with Crippen molar-refractivity contribution in [2.75, 3.05) is 0 Å². The van der Waals surface area contributed by atoms with Crippen LogP contribution < -0.4 is 69.3 Å². The molecule has 0 spiro atoms. The number of rotatable bonds is 4. The van der Waals surface area contributed by atoms with Crippen molar-refractivity contribution < 1.29 is 84.0 Å². The third kappa shape index (κ3) is 5.01. The van der Waals surface area contributed by atoms with Crippen LogP contribution in [0.3, 0.4) is 0 Å². The second-order valence-electron chi connectivity index (χ2n) is 3.60. The van der Waals surface area contributed by atoms with E-state index in [9.17, 15) is 19.8 Å². The number of carbonyl (C=O) groups is 2. The maximum absolute atomic E-state index is 11.0. The molecule has 0 saturated heterocycles. The molecule has 5 nitrogen and oxygen atoms in total. The Balaban J connectivity index is 0. The molecule has 0 heterocycles. The summed E-state index contributed by atoms with van der Waals surface area (Å²) in [5, 5.41) is 30.6. The van der Waals surface area contributed by atoms with Crippen LogP contribution in [0, 0.1) is 5.41 Å². The molecular formula is C11H10Na2O5. The zero-order valence-corrected chi connectivity index (χ0v) is 14.4. The van der Waals surface area contributed by atoms with Gasteiger partial charge >= 0.3 is 59.1 Å². The standard InChI is InChI=1S/C11H12O5.2Na/c1-7(9(13)14)6-11(10(15)16)4-2-8(12)3-5-11;;/h2-5,8,12H,1,6H2,(H,13,14)(H,15,16);;/q;2*+1/p-2. The molecule has 1 aliphatic carbocycles. The molecular weight excluding hydrogens is 258 g/mol. The number of carboxylic acid groups (broad SMARTS) is 2. The van der Waals surface area contributed by atoms with Gasteiger partial charge in [0.05, 0.1) is 23.5 Å². The zero-order chi connectivity index (χ0) is 12.3. The summed E-state index contributed by atoms with van der Waals surface area (Å²) in [6, 6.07) is 0. The van der Waals surface area contributed by atoms with Crippen LogP contribution in [0.5, 0.6) is 0 Å². The van der Waals surface area contributed by atoms with E-state index in [1.807, 2.05) is 0 Å².